The highest BCUT2D eigenvalue weighted by Crippen LogP contribution is 2.38. The molecule has 0 spiro atoms. The summed E-state index contributed by atoms with van der Waals surface area (Å²) in [4.78, 5) is 21.5. The van der Waals surface area contributed by atoms with Crippen LogP contribution in [-0.2, 0) is 24.2 Å². The van der Waals surface area contributed by atoms with Crippen LogP contribution in [0.1, 0.15) is 43.0 Å². The average molecular weight is 593 g/mol. The zero-order chi connectivity index (χ0) is 31.1. The van der Waals surface area contributed by atoms with Crippen molar-refractivity contribution in [1.29, 1.82) is 5.26 Å². The Kier molecular flexibility index (Phi) is 9.82. The standard InChI is InChI=1S/C35H40N6O3/c1-4-27-25(23-40-14-16-41(17-15-40)31-13-8-7-10-24(31)21-36)11-9-12-29(27)39-35-26(18-34(37)42)22-38-30-20-33(44-6-3)32(43-5-2)19-28(30)35/h7-13,19-20,22H,4-6,14-18,23H2,1-3H3,(H2,37,42)(H,38,39). The van der Waals surface area contributed by atoms with Gasteiger partial charge in [-0.25, -0.2) is 0 Å². The molecule has 0 aliphatic carbocycles. The number of pyridine rings is 1. The number of nitrogens with zero attached hydrogens (tertiary/aromatic N) is 4. The highest BCUT2D eigenvalue weighted by molar-refractivity contribution is 5.98. The topological polar surface area (TPSA) is 117 Å². The second kappa shape index (κ2) is 14.1. The van der Waals surface area contributed by atoms with Gasteiger partial charge in [0.25, 0.3) is 0 Å². The molecule has 3 N–H and O–H groups in total. The smallest absolute Gasteiger partial charge is 0.221 e. The Bertz CT molecular complexity index is 1670. The number of fused-ring (bicyclic) bond motifs is 1. The first-order valence-electron chi connectivity index (χ1n) is 15.3. The summed E-state index contributed by atoms with van der Waals surface area (Å²) < 4.78 is 11.8. The van der Waals surface area contributed by atoms with Gasteiger partial charge in [0, 0.05) is 61.6 Å². The molecule has 0 atom stereocenters. The molecule has 1 aliphatic rings. The lowest BCUT2D eigenvalue weighted by atomic mass is 10.00. The molecule has 0 radical (unpaired) electrons. The Morgan fingerprint density at radius 1 is 0.977 bits per heavy atom. The minimum absolute atomic E-state index is 0.0583. The Balaban J connectivity index is 1.44. The van der Waals surface area contributed by atoms with Crippen molar-refractivity contribution in [2.45, 2.75) is 40.2 Å². The predicted octanol–water partition coefficient (Wildman–Crippen LogP) is 5.56. The normalized spacial score (nSPS) is 13.5. The highest BCUT2D eigenvalue weighted by Gasteiger charge is 2.21. The van der Waals surface area contributed by atoms with E-state index in [1.54, 1.807) is 6.20 Å². The fraction of sp³-hybridized carbons (Fsp3) is 0.343. The zero-order valence-corrected chi connectivity index (χ0v) is 25.7. The summed E-state index contributed by atoms with van der Waals surface area (Å²) in [6.07, 6.45) is 2.61. The van der Waals surface area contributed by atoms with Gasteiger partial charge in [0.1, 0.15) is 6.07 Å². The molecule has 228 valence electrons. The maximum Gasteiger partial charge on any atom is 0.221 e. The van der Waals surface area contributed by atoms with Crippen molar-refractivity contribution in [3.8, 4) is 17.6 Å². The molecule has 44 heavy (non-hydrogen) atoms. The highest BCUT2D eigenvalue weighted by atomic mass is 16.5. The summed E-state index contributed by atoms with van der Waals surface area (Å²) in [6, 6.07) is 20.3. The summed E-state index contributed by atoms with van der Waals surface area (Å²) in [7, 11) is 0. The Hall–Kier alpha value is -4.81. The van der Waals surface area contributed by atoms with E-state index in [-0.39, 0.29) is 6.42 Å². The third kappa shape index (κ3) is 6.71. The zero-order valence-electron chi connectivity index (χ0n) is 25.7. The molecule has 1 aliphatic heterocycles. The number of hydrogen-bond donors (Lipinski definition) is 2. The number of hydrogen-bond acceptors (Lipinski definition) is 8. The average Bonchev–Trinajstić information content (AvgIpc) is 3.03. The summed E-state index contributed by atoms with van der Waals surface area (Å²) in [5, 5.41) is 14.1. The number of benzene rings is 3. The second-order valence-electron chi connectivity index (χ2n) is 10.8. The largest absolute Gasteiger partial charge is 0.490 e. The fourth-order valence-electron chi connectivity index (χ4n) is 5.93. The van der Waals surface area contributed by atoms with Gasteiger partial charge >= 0.3 is 0 Å². The third-order valence-electron chi connectivity index (χ3n) is 7.99. The van der Waals surface area contributed by atoms with Gasteiger partial charge < -0.3 is 25.4 Å². The van der Waals surface area contributed by atoms with Crippen LogP contribution in [0.2, 0.25) is 0 Å². The van der Waals surface area contributed by atoms with Crippen molar-refractivity contribution in [1.82, 2.24) is 9.88 Å². The van der Waals surface area contributed by atoms with Gasteiger partial charge in [-0.2, -0.15) is 5.26 Å². The molecule has 1 aromatic heterocycles. The van der Waals surface area contributed by atoms with Crippen LogP contribution in [0, 0.1) is 11.3 Å². The van der Waals surface area contributed by atoms with E-state index in [9.17, 15) is 10.1 Å². The molecule has 1 amide bonds. The van der Waals surface area contributed by atoms with Gasteiger partial charge in [-0.1, -0.05) is 31.2 Å². The number of primary amides is 1. The number of nitrogens with one attached hydrogen (secondary N) is 1. The number of ether oxygens (including phenoxy) is 2. The molecule has 9 nitrogen and oxygen atoms in total. The summed E-state index contributed by atoms with van der Waals surface area (Å²) >= 11 is 0. The van der Waals surface area contributed by atoms with Crippen LogP contribution in [0.5, 0.6) is 11.5 Å². The van der Waals surface area contributed by atoms with Crippen LogP contribution in [0.15, 0.2) is 60.8 Å². The molecule has 0 bridgehead atoms. The van der Waals surface area contributed by atoms with Crippen molar-refractivity contribution < 1.29 is 14.3 Å². The summed E-state index contributed by atoms with van der Waals surface area (Å²) in [5.74, 6) is 0.838. The molecule has 1 saturated heterocycles. The minimum atomic E-state index is -0.425. The molecule has 2 heterocycles. The lowest BCUT2D eigenvalue weighted by Gasteiger charge is -2.36. The minimum Gasteiger partial charge on any atom is -0.490 e. The van der Waals surface area contributed by atoms with Crippen LogP contribution >= 0.6 is 0 Å². The van der Waals surface area contributed by atoms with Crippen LogP contribution < -0.4 is 25.4 Å². The molecular formula is C35H40N6O3. The lowest BCUT2D eigenvalue weighted by molar-refractivity contribution is -0.117. The number of para-hydroxylation sites is 1. The van der Waals surface area contributed by atoms with Crippen LogP contribution in [0.25, 0.3) is 10.9 Å². The first-order valence-corrected chi connectivity index (χ1v) is 15.3. The summed E-state index contributed by atoms with van der Waals surface area (Å²) in [5.41, 5.74) is 13.1. The Labute approximate surface area is 259 Å². The number of amides is 1. The lowest BCUT2D eigenvalue weighted by Crippen LogP contribution is -2.46. The van der Waals surface area contributed by atoms with Crippen LogP contribution in [0.3, 0.4) is 0 Å². The fourth-order valence-corrected chi connectivity index (χ4v) is 5.93. The SMILES string of the molecule is CCOc1cc2ncc(CC(N)=O)c(Nc3cccc(CN4CCN(c5ccccc5C#N)CC4)c3CC)c2cc1OCC. The molecule has 0 unspecified atom stereocenters. The van der Waals surface area contributed by atoms with Gasteiger partial charge in [0.2, 0.25) is 5.91 Å². The number of piperazine rings is 1. The number of nitrogens with two attached hydrogens (primary N) is 1. The Morgan fingerprint density at radius 2 is 1.70 bits per heavy atom. The molecular weight excluding hydrogens is 552 g/mol. The van der Waals surface area contributed by atoms with Crippen LogP contribution in [0.4, 0.5) is 17.1 Å². The van der Waals surface area contributed by atoms with Gasteiger partial charge in [-0.3, -0.25) is 14.7 Å². The van der Waals surface area contributed by atoms with Gasteiger partial charge in [-0.15, -0.1) is 0 Å². The quantitative estimate of drug-likeness (QED) is 0.220. The van der Waals surface area contributed by atoms with E-state index in [1.807, 2.05) is 50.2 Å². The second-order valence-corrected chi connectivity index (χ2v) is 10.8. The van der Waals surface area contributed by atoms with Crippen molar-refractivity contribution in [2.75, 3.05) is 49.6 Å². The molecule has 3 aromatic carbocycles. The molecule has 9 heteroatoms. The van der Waals surface area contributed by atoms with Crippen molar-refractivity contribution in [3.05, 3.63) is 83.0 Å². The maximum atomic E-state index is 12.1. The number of nitriles is 1. The van der Waals surface area contributed by atoms with Crippen molar-refractivity contribution in [3.63, 3.8) is 0 Å². The van der Waals surface area contributed by atoms with E-state index >= 15 is 0 Å². The first kappa shape index (κ1) is 30.6. The van der Waals surface area contributed by atoms with E-state index in [0.717, 1.165) is 78.2 Å². The van der Waals surface area contributed by atoms with Gasteiger partial charge in [0.05, 0.1) is 42.1 Å². The maximum absolute atomic E-state index is 12.1. The molecule has 4 aromatic rings. The van der Waals surface area contributed by atoms with E-state index in [2.05, 4.69) is 51.3 Å². The number of rotatable bonds is 12. The number of carbonyl (C=O) groups is 1. The van der Waals surface area contributed by atoms with E-state index in [4.69, 9.17) is 15.2 Å². The predicted molar refractivity (Wildman–Crippen MR) is 175 cm³/mol. The van der Waals surface area contributed by atoms with Gasteiger partial charge in [0.15, 0.2) is 11.5 Å². The third-order valence-corrected chi connectivity index (χ3v) is 7.99. The number of carbonyl (C=O) groups excluding carboxylic acids is 1. The van der Waals surface area contributed by atoms with Crippen molar-refractivity contribution in [2.24, 2.45) is 5.73 Å². The molecule has 5 rings (SSSR count). The van der Waals surface area contributed by atoms with Gasteiger partial charge in [-0.05, 0) is 55.7 Å². The molecule has 0 saturated carbocycles. The molecule has 1 fully saturated rings. The number of anilines is 3. The Morgan fingerprint density at radius 3 is 2.39 bits per heavy atom. The summed E-state index contributed by atoms with van der Waals surface area (Å²) in [6.45, 7) is 11.4. The monoisotopic (exact) mass is 592 g/mol. The van der Waals surface area contributed by atoms with E-state index in [1.165, 1.54) is 11.1 Å². The van der Waals surface area contributed by atoms with Crippen LogP contribution in [-0.4, -0.2) is 55.2 Å². The number of aromatic nitrogens is 1. The van der Waals surface area contributed by atoms with Crippen molar-refractivity contribution >= 4 is 33.9 Å². The van der Waals surface area contributed by atoms with E-state index < -0.39 is 5.91 Å². The first-order chi connectivity index (χ1) is 21.4. The van der Waals surface area contributed by atoms with E-state index in [0.29, 0.717) is 24.7 Å².